The number of anilines is 2. The molecular weight excluding hydrogens is 622 g/mol. The topological polar surface area (TPSA) is 125 Å². The van der Waals surface area contributed by atoms with Gasteiger partial charge in [0.05, 0.1) is 15.8 Å². The van der Waals surface area contributed by atoms with E-state index in [0.29, 0.717) is 21.8 Å². The minimum absolute atomic E-state index is 0.0553. The van der Waals surface area contributed by atoms with E-state index in [1.165, 1.54) is 30.0 Å². The molecule has 0 saturated heterocycles. The van der Waals surface area contributed by atoms with Crippen molar-refractivity contribution in [3.8, 4) is 0 Å². The van der Waals surface area contributed by atoms with Crippen LogP contribution in [0.1, 0.15) is 33.2 Å². The van der Waals surface area contributed by atoms with E-state index in [2.05, 4.69) is 16.0 Å². The number of carboxylic acids is 1. The Bertz CT molecular complexity index is 1970. The van der Waals surface area contributed by atoms with Crippen molar-refractivity contribution < 1.29 is 24.3 Å². The van der Waals surface area contributed by atoms with E-state index in [4.69, 9.17) is 11.6 Å². The van der Waals surface area contributed by atoms with Gasteiger partial charge >= 0.3 is 5.97 Å². The van der Waals surface area contributed by atoms with Crippen molar-refractivity contribution in [1.82, 2.24) is 5.32 Å². The highest BCUT2D eigenvalue weighted by Crippen LogP contribution is 2.28. The average Bonchev–Trinajstić information content (AvgIpc) is 3.05. The Kier molecular flexibility index (Phi) is 10.2. The molecule has 1 atom stereocenters. The molecule has 0 fully saturated rings. The van der Waals surface area contributed by atoms with Crippen molar-refractivity contribution in [3.05, 3.63) is 143 Å². The van der Waals surface area contributed by atoms with Crippen molar-refractivity contribution in [2.45, 2.75) is 17.1 Å². The zero-order chi connectivity index (χ0) is 32.6. The molecular formula is C36H28ClN3O5S. The van der Waals surface area contributed by atoms with Gasteiger partial charge in [0.1, 0.15) is 5.70 Å². The molecule has 5 aromatic rings. The van der Waals surface area contributed by atoms with Gasteiger partial charge in [0.25, 0.3) is 11.8 Å². The Morgan fingerprint density at radius 3 is 2.26 bits per heavy atom. The lowest BCUT2D eigenvalue weighted by molar-refractivity contribution is -0.115. The molecule has 230 valence electrons. The number of nitrogens with one attached hydrogen (secondary N) is 3. The molecule has 0 aromatic heterocycles. The number of thioether (sulfide) groups is 1. The summed E-state index contributed by atoms with van der Waals surface area (Å²) in [7, 11) is 0. The van der Waals surface area contributed by atoms with Crippen LogP contribution in [0.4, 0.5) is 11.4 Å². The van der Waals surface area contributed by atoms with Crippen LogP contribution in [0.3, 0.4) is 0 Å². The number of fused-ring (bicyclic) bond motifs is 1. The van der Waals surface area contributed by atoms with E-state index in [1.54, 1.807) is 67.6 Å². The molecule has 5 aromatic carbocycles. The molecule has 8 nitrogen and oxygen atoms in total. The highest BCUT2D eigenvalue weighted by Gasteiger charge is 2.19. The number of hydrogen-bond donors (Lipinski definition) is 4. The summed E-state index contributed by atoms with van der Waals surface area (Å²) in [6.07, 6.45) is 1.65. The molecule has 0 spiro atoms. The number of carbonyl (C=O) groups is 4. The van der Waals surface area contributed by atoms with Crippen LogP contribution in [-0.4, -0.2) is 34.0 Å². The molecule has 0 heterocycles. The Balaban J connectivity index is 1.34. The van der Waals surface area contributed by atoms with E-state index >= 15 is 0 Å². The number of aromatic carboxylic acids is 1. The summed E-state index contributed by atoms with van der Waals surface area (Å²) in [4.78, 5) is 51.7. The maximum atomic E-state index is 13.6. The standard InChI is InChI=1S/C36H28ClN3O5S/c1-22(33(41)38-27-17-18-31(37)30(21-27)36(44)45)46-28-15-8-14-26(20-28)39-35(43)32(40-34(42)24-10-3-2-4-11-24)19-25-13-7-12-23-9-5-6-16-29(23)25/h2-22H,1H3,(H,38,41)(H,39,43)(H,40,42)(H,44,45)/b32-19+. The first-order valence-corrected chi connectivity index (χ1v) is 15.4. The third kappa shape index (κ3) is 8.01. The summed E-state index contributed by atoms with van der Waals surface area (Å²) in [6.45, 7) is 1.71. The van der Waals surface area contributed by atoms with E-state index < -0.39 is 23.0 Å². The second-order valence-corrected chi connectivity index (χ2v) is 12.0. The zero-order valence-electron chi connectivity index (χ0n) is 24.5. The van der Waals surface area contributed by atoms with Crippen LogP contribution >= 0.6 is 23.4 Å². The van der Waals surface area contributed by atoms with Crippen molar-refractivity contribution in [3.63, 3.8) is 0 Å². The van der Waals surface area contributed by atoms with Gasteiger partial charge in [-0.3, -0.25) is 14.4 Å². The molecule has 0 saturated carbocycles. The number of benzene rings is 5. The van der Waals surface area contributed by atoms with Gasteiger partial charge in [-0.25, -0.2) is 4.79 Å². The summed E-state index contributed by atoms with van der Waals surface area (Å²) >= 11 is 7.19. The fraction of sp³-hybridized carbons (Fsp3) is 0.0556. The third-order valence-electron chi connectivity index (χ3n) is 6.89. The highest BCUT2D eigenvalue weighted by molar-refractivity contribution is 8.00. The van der Waals surface area contributed by atoms with Crippen molar-refractivity contribution in [2.24, 2.45) is 0 Å². The molecule has 10 heteroatoms. The zero-order valence-corrected chi connectivity index (χ0v) is 26.1. The van der Waals surface area contributed by atoms with Gasteiger partial charge in [0.15, 0.2) is 0 Å². The fourth-order valence-electron chi connectivity index (χ4n) is 4.59. The van der Waals surface area contributed by atoms with Crippen molar-refractivity contribution in [2.75, 3.05) is 10.6 Å². The monoisotopic (exact) mass is 649 g/mol. The summed E-state index contributed by atoms with van der Waals surface area (Å²) in [6, 6.07) is 33.4. The number of hydrogen-bond acceptors (Lipinski definition) is 5. The van der Waals surface area contributed by atoms with Gasteiger partial charge in [0, 0.05) is 21.8 Å². The highest BCUT2D eigenvalue weighted by atomic mass is 35.5. The lowest BCUT2D eigenvalue weighted by atomic mass is 10.0. The van der Waals surface area contributed by atoms with E-state index in [-0.39, 0.29) is 22.2 Å². The fourth-order valence-corrected chi connectivity index (χ4v) is 5.71. The lowest BCUT2D eigenvalue weighted by Gasteiger charge is -2.15. The minimum Gasteiger partial charge on any atom is -0.478 e. The summed E-state index contributed by atoms with van der Waals surface area (Å²) in [5, 5.41) is 19.1. The normalized spacial score (nSPS) is 11.8. The van der Waals surface area contributed by atoms with Crippen LogP contribution in [0.2, 0.25) is 5.02 Å². The van der Waals surface area contributed by atoms with Crippen LogP contribution in [0.5, 0.6) is 0 Å². The molecule has 3 amide bonds. The summed E-state index contributed by atoms with van der Waals surface area (Å²) in [5.74, 6) is -2.50. The maximum absolute atomic E-state index is 13.6. The quantitative estimate of drug-likeness (QED) is 0.0907. The second-order valence-electron chi connectivity index (χ2n) is 10.2. The summed E-state index contributed by atoms with van der Waals surface area (Å²) in [5.41, 5.74) is 1.88. The average molecular weight is 650 g/mol. The van der Waals surface area contributed by atoms with Gasteiger partial charge in [-0.1, -0.05) is 78.3 Å². The van der Waals surface area contributed by atoms with E-state index in [1.807, 2.05) is 42.5 Å². The van der Waals surface area contributed by atoms with Gasteiger partial charge in [-0.2, -0.15) is 0 Å². The van der Waals surface area contributed by atoms with Crippen molar-refractivity contribution in [1.29, 1.82) is 0 Å². The van der Waals surface area contributed by atoms with Crippen LogP contribution in [0.25, 0.3) is 16.8 Å². The first-order valence-electron chi connectivity index (χ1n) is 14.2. The van der Waals surface area contributed by atoms with Crippen molar-refractivity contribution >= 4 is 75.3 Å². The lowest BCUT2D eigenvalue weighted by Crippen LogP contribution is -2.30. The Labute approximate surface area is 274 Å². The third-order valence-corrected chi connectivity index (χ3v) is 8.31. The molecule has 1 unspecified atom stereocenters. The number of amides is 3. The number of rotatable bonds is 10. The minimum atomic E-state index is -1.20. The predicted molar refractivity (Wildman–Crippen MR) is 183 cm³/mol. The van der Waals surface area contributed by atoms with Crippen LogP contribution in [0, 0.1) is 0 Å². The molecule has 46 heavy (non-hydrogen) atoms. The molecule has 5 rings (SSSR count). The van der Waals surface area contributed by atoms with Gasteiger partial charge in [-0.05, 0) is 77.9 Å². The smallest absolute Gasteiger partial charge is 0.337 e. The molecule has 0 aliphatic rings. The molecule has 0 bridgehead atoms. The van der Waals surface area contributed by atoms with Gasteiger partial charge in [-0.15, -0.1) is 11.8 Å². The number of halogens is 1. The maximum Gasteiger partial charge on any atom is 0.337 e. The Hall–Kier alpha value is -5.38. The van der Waals surface area contributed by atoms with E-state index in [9.17, 15) is 24.3 Å². The molecule has 0 radical (unpaired) electrons. The van der Waals surface area contributed by atoms with Gasteiger partial charge < -0.3 is 21.1 Å². The van der Waals surface area contributed by atoms with Gasteiger partial charge in [0.2, 0.25) is 5.91 Å². The van der Waals surface area contributed by atoms with Crippen LogP contribution < -0.4 is 16.0 Å². The first kappa shape index (κ1) is 32.0. The first-order chi connectivity index (χ1) is 22.2. The molecule has 0 aliphatic heterocycles. The van der Waals surface area contributed by atoms with E-state index in [0.717, 1.165) is 16.3 Å². The molecule has 0 aliphatic carbocycles. The Morgan fingerprint density at radius 1 is 0.783 bits per heavy atom. The SMILES string of the molecule is CC(Sc1cccc(NC(=O)/C(=C\c2cccc3ccccc23)NC(=O)c2ccccc2)c1)C(=O)Nc1ccc(Cl)c(C(=O)O)c1. The molecule has 4 N–H and O–H groups in total. The largest absolute Gasteiger partial charge is 0.478 e. The van der Waals surface area contributed by atoms with Crippen LogP contribution in [0.15, 0.2) is 126 Å². The second kappa shape index (κ2) is 14.6. The summed E-state index contributed by atoms with van der Waals surface area (Å²) < 4.78 is 0. The Morgan fingerprint density at radius 2 is 1.48 bits per heavy atom. The number of carbonyl (C=O) groups excluding carboxylic acids is 3. The predicted octanol–water partition coefficient (Wildman–Crippen LogP) is 7.72. The van der Waals surface area contributed by atoms with Crippen LogP contribution in [-0.2, 0) is 9.59 Å². The number of carboxylic acid groups (broad SMARTS) is 1.